The summed E-state index contributed by atoms with van der Waals surface area (Å²) >= 11 is 1.53. The predicted octanol–water partition coefficient (Wildman–Crippen LogP) is 2.79. The van der Waals surface area contributed by atoms with Crippen LogP contribution in [0.5, 0.6) is 0 Å². The molecule has 1 N–H and O–H groups in total. The second-order valence-electron chi connectivity index (χ2n) is 3.72. The number of amides is 1. The largest absolute Gasteiger partial charge is 0.351 e. The molecule has 1 heterocycles. The van der Waals surface area contributed by atoms with Crippen LogP contribution >= 0.6 is 11.3 Å². The Labute approximate surface area is 100 Å². The molecule has 86 valence electrons. The van der Waals surface area contributed by atoms with E-state index in [1.54, 1.807) is 0 Å². The maximum atomic E-state index is 11.7. The van der Waals surface area contributed by atoms with Crippen molar-refractivity contribution in [3.05, 3.63) is 21.4 Å². The highest BCUT2D eigenvalue weighted by Crippen LogP contribution is 2.20. The van der Waals surface area contributed by atoms with Crippen molar-refractivity contribution < 1.29 is 4.79 Å². The summed E-state index contributed by atoms with van der Waals surface area (Å²) in [7, 11) is 0. The normalized spacial score (nSPS) is 9.81. The molecular formula is C12H16N2OS. The topological polar surface area (TPSA) is 52.9 Å². The molecule has 3 nitrogen and oxygen atoms in total. The quantitative estimate of drug-likeness (QED) is 0.799. The monoisotopic (exact) mass is 236 g/mol. The first-order valence-corrected chi connectivity index (χ1v) is 6.19. The van der Waals surface area contributed by atoms with Crippen molar-refractivity contribution >= 4 is 17.2 Å². The van der Waals surface area contributed by atoms with E-state index in [0.717, 1.165) is 17.7 Å². The highest BCUT2D eigenvalue weighted by Gasteiger charge is 2.09. The molecule has 16 heavy (non-hydrogen) atoms. The van der Waals surface area contributed by atoms with Crippen LogP contribution in [0.25, 0.3) is 0 Å². The van der Waals surface area contributed by atoms with Gasteiger partial charge in [0.05, 0.1) is 10.9 Å². The van der Waals surface area contributed by atoms with Crippen LogP contribution in [0.4, 0.5) is 0 Å². The van der Waals surface area contributed by atoms with Crippen molar-refractivity contribution in [2.75, 3.05) is 6.54 Å². The number of rotatable bonds is 5. The second-order valence-corrected chi connectivity index (χ2v) is 4.98. The fraction of sp³-hybridized carbons (Fsp3) is 0.500. The third-order valence-electron chi connectivity index (χ3n) is 2.39. The number of hydrogen-bond donors (Lipinski definition) is 1. The lowest BCUT2D eigenvalue weighted by molar-refractivity contribution is 0.0957. The number of hydrogen-bond acceptors (Lipinski definition) is 3. The molecule has 0 unspecified atom stereocenters. The van der Waals surface area contributed by atoms with Gasteiger partial charge in [0, 0.05) is 17.8 Å². The number of nitrogens with one attached hydrogen (secondary N) is 1. The fourth-order valence-corrected chi connectivity index (χ4v) is 2.25. The van der Waals surface area contributed by atoms with Crippen LogP contribution in [0.15, 0.2) is 6.07 Å². The molecule has 4 heteroatoms. The first-order valence-electron chi connectivity index (χ1n) is 5.37. The average molecular weight is 236 g/mol. The number of nitrogens with zero attached hydrogens (tertiary/aromatic N) is 1. The number of nitriles is 1. The zero-order valence-corrected chi connectivity index (χ0v) is 10.5. The molecule has 0 radical (unpaired) electrons. The number of carbonyl (C=O) groups is 1. The molecule has 1 aromatic rings. The van der Waals surface area contributed by atoms with Gasteiger partial charge in [-0.3, -0.25) is 4.79 Å². The van der Waals surface area contributed by atoms with Gasteiger partial charge in [0.25, 0.3) is 5.91 Å². The molecule has 0 bridgehead atoms. The highest BCUT2D eigenvalue weighted by molar-refractivity contribution is 7.14. The van der Waals surface area contributed by atoms with Crippen LogP contribution in [0.1, 0.15) is 39.4 Å². The van der Waals surface area contributed by atoms with Gasteiger partial charge in [-0.1, -0.05) is 0 Å². The molecule has 0 aliphatic rings. The molecule has 0 aliphatic heterocycles. The van der Waals surface area contributed by atoms with Gasteiger partial charge >= 0.3 is 0 Å². The number of aryl methyl sites for hydroxylation is 2. The Balaban J connectivity index is 2.33. The SMILES string of the molecule is Cc1cc(C(=O)NCCCCC#N)sc1C. The second kappa shape index (κ2) is 6.29. The van der Waals surface area contributed by atoms with Crippen molar-refractivity contribution in [2.24, 2.45) is 0 Å². The van der Waals surface area contributed by atoms with E-state index in [0.29, 0.717) is 13.0 Å². The van der Waals surface area contributed by atoms with Gasteiger partial charge < -0.3 is 5.32 Å². The molecular weight excluding hydrogens is 220 g/mol. The van der Waals surface area contributed by atoms with Crippen LogP contribution in [0, 0.1) is 25.2 Å². The van der Waals surface area contributed by atoms with Gasteiger partial charge in [-0.15, -0.1) is 11.3 Å². The summed E-state index contributed by atoms with van der Waals surface area (Å²) < 4.78 is 0. The van der Waals surface area contributed by atoms with Crippen molar-refractivity contribution in [1.29, 1.82) is 5.26 Å². The van der Waals surface area contributed by atoms with Crippen LogP contribution in [0.2, 0.25) is 0 Å². The molecule has 0 aliphatic carbocycles. The number of carbonyl (C=O) groups excluding carboxylic acids is 1. The Bertz CT molecular complexity index is 384. The molecule has 0 fully saturated rings. The predicted molar refractivity (Wildman–Crippen MR) is 65.6 cm³/mol. The zero-order valence-electron chi connectivity index (χ0n) is 9.67. The summed E-state index contributed by atoms with van der Waals surface area (Å²) in [5, 5.41) is 11.2. The third-order valence-corrected chi connectivity index (χ3v) is 3.54. The maximum Gasteiger partial charge on any atom is 0.261 e. The van der Waals surface area contributed by atoms with Crippen LogP contribution in [-0.2, 0) is 0 Å². The molecule has 1 amide bonds. The van der Waals surface area contributed by atoms with E-state index >= 15 is 0 Å². The minimum atomic E-state index is -0.00171. The third kappa shape index (κ3) is 3.67. The zero-order chi connectivity index (χ0) is 12.0. The lowest BCUT2D eigenvalue weighted by Gasteiger charge is -2.01. The number of unbranched alkanes of at least 4 members (excludes halogenated alkanes) is 2. The molecule has 1 aromatic heterocycles. The Hall–Kier alpha value is -1.34. The molecule has 0 aromatic carbocycles. The summed E-state index contributed by atoms with van der Waals surface area (Å²) in [4.78, 5) is 13.6. The Morgan fingerprint density at radius 1 is 1.50 bits per heavy atom. The lowest BCUT2D eigenvalue weighted by Crippen LogP contribution is -2.23. The first-order chi connectivity index (χ1) is 7.65. The molecule has 0 spiro atoms. The van der Waals surface area contributed by atoms with E-state index in [2.05, 4.69) is 11.4 Å². The van der Waals surface area contributed by atoms with Gasteiger partial charge in [0.1, 0.15) is 0 Å². The summed E-state index contributed by atoms with van der Waals surface area (Å²) in [5.41, 5.74) is 1.17. The minimum Gasteiger partial charge on any atom is -0.351 e. The first kappa shape index (κ1) is 12.7. The van der Waals surface area contributed by atoms with Crippen LogP contribution in [0.3, 0.4) is 0 Å². The van der Waals surface area contributed by atoms with Crippen LogP contribution < -0.4 is 5.32 Å². The molecule has 0 saturated heterocycles. The summed E-state index contributed by atoms with van der Waals surface area (Å²) in [6.45, 7) is 4.68. The van der Waals surface area contributed by atoms with Gasteiger partial charge in [-0.25, -0.2) is 0 Å². The Morgan fingerprint density at radius 3 is 2.81 bits per heavy atom. The highest BCUT2D eigenvalue weighted by atomic mass is 32.1. The standard InChI is InChI=1S/C12H16N2OS/c1-9-8-11(16-10(9)2)12(15)14-7-5-3-4-6-13/h8H,3-5,7H2,1-2H3,(H,14,15). The smallest absolute Gasteiger partial charge is 0.261 e. The van der Waals surface area contributed by atoms with Crippen molar-refractivity contribution in [3.8, 4) is 6.07 Å². The van der Waals surface area contributed by atoms with E-state index in [9.17, 15) is 4.79 Å². The van der Waals surface area contributed by atoms with Gasteiger partial charge in [-0.2, -0.15) is 5.26 Å². The Kier molecular flexibility index (Phi) is 5.00. The van der Waals surface area contributed by atoms with E-state index in [4.69, 9.17) is 5.26 Å². The van der Waals surface area contributed by atoms with Crippen molar-refractivity contribution in [3.63, 3.8) is 0 Å². The van der Waals surface area contributed by atoms with Gasteiger partial charge in [0.15, 0.2) is 0 Å². The maximum absolute atomic E-state index is 11.7. The fourth-order valence-electron chi connectivity index (χ4n) is 1.30. The summed E-state index contributed by atoms with van der Waals surface area (Å²) in [5.74, 6) is -0.00171. The molecule has 0 atom stereocenters. The van der Waals surface area contributed by atoms with Crippen LogP contribution in [-0.4, -0.2) is 12.5 Å². The van der Waals surface area contributed by atoms with E-state index in [1.165, 1.54) is 21.8 Å². The Morgan fingerprint density at radius 2 is 2.25 bits per heavy atom. The van der Waals surface area contributed by atoms with Crippen molar-refractivity contribution in [2.45, 2.75) is 33.1 Å². The van der Waals surface area contributed by atoms with E-state index in [-0.39, 0.29) is 5.91 Å². The van der Waals surface area contributed by atoms with E-state index < -0.39 is 0 Å². The molecule has 0 saturated carbocycles. The van der Waals surface area contributed by atoms with E-state index in [1.807, 2.05) is 19.9 Å². The minimum absolute atomic E-state index is 0.00171. The molecule has 1 rings (SSSR count). The van der Waals surface area contributed by atoms with Gasteiger partial charge in [0.2, 0.25) is 0 Å². The average Bonchev–Trinajstić information content (AvgIpc) is 2.59. The summed E-state index contributed by atoms with van der Waals surface area (Å²) in [6.07, 6.45) is 2.27. The lowest BCUT2D eigenvalue weighted by atomic mass is 10.2. The van der Waals surface area contributed by atoms with Gasteiger partial charge in [-0.05, 0) is 38.3 Å². The summed E-state index contributed by atoms with van der Waals surface area (Å²) in [6, 6.07) is 4.01. The van der Waals surface area contributed by atoms with Crippen molar-refractivity contribution in [1.82, 2.24) is 5.32 Å². The number of thiophene rings is 1.